The fraction of sp³-hybridized carbons (Fsp3) is 0.300. The highest BCUT2D eigenvalue weighted by atomic mass is 32.1. The lowest BCUT2D eigenvalue weighted by atomic mass is 10.3. The molecular weight excluding hydrogens is 196 g/mol. The molecule has 0 unspecified atom stereocenters. The summed E-state index contributed by atoms with van der Waals surface area (Å²) in [5, 5.41) is 6.07. The Morgan fingerprint density at radius 3 is 2.93 bits per heavy atom. The second-order valence-electron chi connectivity index (χ2n) is 2.91. The molecular formula is C10H12N2OS. The average Bonchev–Trinajstić information content (AvgIpc) is 2.86. The summed E-state index contributed by atoms with van der Waals surface area (Å²) in [6.45, 7) is 2.78. The van der Waals surface area contributed by atoms with Crippen LogP contribution in [0.15, 0.2) is 28.1 Å². The summed E-state index contributed by atoms with van der Waals surface area (Å²) in [7, 11) is 0. The molecule has 2 rings (SSSR count). The van der Waals surface area contributed by atoms with Crippen molar-refractivity contribution in [2.45, 2.75) is 19.9 Å². The van der Waals surface area contributed by atoms with Gasteiger partial charge >= 0.3 is 0 Å². The minimum absolute atomic E-state index is 0.702. The van der Waals surface area contributed by atoms with E-state index in [4.69, 9.17) is 4.42 Å². The van der Waals surface area contributed by atoms with Crippen LogP contribution in [0, 0.1) is 0 Å². The van der Waals surface area contributed by atoms with Gasteiger partial charge in [-0.1, -0.05) is 6.92 Å². The molecule has 0 radical (unpaired) electrons. The fourth-order valence-electron chi connectivity index (χ4n) is 1.18. The van der Waals surface area contributed by atoms with Gasteiger partial charge in [0.25, 0.3) is 0 Å². The molecule has 3 nitrogen and oxygen atoms in total. The van der Waals surface area contributed by atoms with Crippen molar-refractivity contribution < 1.29 is 4.42 Å². The van der Waals surface area contributed by atoms with E-state index in [2.05, 4.69) is 17.2 Å². The molecule has 0 aliphatic rings. The summed E-state index contributed by atoms with van der Waals surface area (Å²) in [6.07, 6.45) is 2.73. The molecule has 2 aromatic rings. The second-order valence-corrected chi connectivity index (χ2v) is 3.81. The van der Waals surface area contributed by atoms with Crippen molar-refractivity contribution in [3.05, 3.63) is 35.2 Å². The molecule has 0 bridgehead atoms. The number of aryl methyl sites for hydroxylation is 1. The van der Waals surface area contributed by atoms with Crippen molar-refractivity contribution in [3.63, 3.8) is 0 Å². The van der Waals surface area contributed by atoms with Gasteiger partial charge in [-0.05, 0) is 12.1 Å². The summed E-state index contributed by atoms with van der Waals surface area (Å²) in [4.78, 5) is 4.12. The normalized spacial score (nSPS) is 10.4. The summed E-state index contributed by atoms with van der Waals surface area (Å²) >= 11 is 1.59. The highest BCUT2D eigenvalue weighted by molar-refractivity contribution is 7.13. The van der Waals surface area contributed by atoms with E-state index < -0.39 is 0 Å². The first-order chi connectivity index (χ1) is 6.88. The van der Waals surface area contributed by atoms with Crippen LogP contribution < -0.4 is 5.32 Å². The molecule has 0 amide bonds. The van der Waals surface area contributed by atoms with Crippen molar-refractivity contribution in [3.8, 4) is 0 Å². The highest BCUT2D eigenvalue weighted by Gasteiger charge is 2.00. The maximum Gasteiger partial charge on any atom is 0.182 e. The minimum atomic E-state index is 0.702. The van der Waals surface area contributed by atoms with Gasteiger partial charge < -0.3 is 9.73 Å². The van der Waals surface area contributed by atoms with Gasteiger partial charge in [-0.15, -0.1) is 11.3 Å². The summed E-state index contributed by atoms with van der Waals surface area (Å²) in [5.74, 6) is 1.98. The van der Waals surface area contributed by atoms with E-state index in [0.717, 1.165) is 23.1 Å². The van der Waals surface area contributed by atoms with Crippen LogP contribution in [0.25, 0.3) is 0 Å². The van der Waals surface area contributed by atoms with E-state index in [0.29, 0.717) is 6.54 Å². The van der Waals surface area contributed by atoms with Crippen LogP contribution in [0.5, 0.6) is 0 Å². The first-order valence-corrected chi connectivity index (χ1v) is 5.47. The summed E-state index contributed by atoms with van der Waals surface area (Å²) in [5.41, 5.74) is 0. The topological polar surface area (TPSA) is 38.1 Å². The largest absolute Gasteiger partial charge is 0.464 e. The van der Waals surface area contributed by atoms with Gasteiger partial charge in [0.05, 0.1) is 6.54 Å². The summed E-state index contributed by atoms with van der Waals surface area (Å²) < 4.78 is 5.55. The van der Waals surface area contributed by atoms with Gasteiger partial charge in [0, 0.05) is 18.0 Å². The third kappa shape index (κ3) is 2.14. The van der Waals surface area contributed by atoms with Crippen LogP contribution in [0.4, 0.5) is 5.13 Å². The Morgan fingerprint density at radius 1 is 1.43 bits per heavy atom. The van der Waals surface area contributed by atoms with Gasteiger partial charge in [-0.25, -0.2) is 4.98 Å². The Labute approximate surface area is 86.8 Å². The average molecular weight is 208 g/mol. The molecule has 0 spiro atoms. The number of nitrogens with zero attached hydrogens (tertiary/aromatic N) is 1. The molecule has 4 heteroatoms. The van der Waals surface area contributed by atoms with E-state index in [9.17, 15) is 0 Å². The van der Waals surface area contributed by atoms with Gasteiger partial charge in [0.15, 0.2) is 5.13 Å². The number of hydrogen-bond donors (Lipinski definition) is 1. The number of rotatable bonds is 4. The van der Waals surface area contributed by atoms with Crippen LogP contribution >= 0.6 is 11.3 Å². The number of thiazole rings is 1. The Kier molecular flexibility index (Phi) is 2.84. The monoisotopic (exact) mass is 208 g/mol. The first-order valence-electron chi connectivity index (χ1n) is 4.59. The van der Waals surface area contributed by atoms with E-state index in [1.54, 1.807) is 17.5 Å². The predicted molar refractivity (Wildman–Crippen MR) is 57.5 cm³/mol. The Bertz CT molecular complexity index is 380. The van der Waals surface area contributed by atoms with Gasteiger partial charge in [-0.3, -0.25) is 0 Å². The van der Waals surface area contributed by atoms with Gasteiger partial charge in [0.2, 0.25) is 0 Å². The van der Waals surface area contributed by atoms with Crippen LogP contribution in [-0.4, -0.2) is 4.98 Å². The fourth-order valence-corrected chi connectivity index (χ4v) is 1.71. The second kappa shape index (κ2) is 4.28. The van der Waals surface area contributed by atoms with Crippen LogP contribution in [0.3, 0.4) is 0 Å². The number of aromatic nitrogens is 1. The number of furan rings is 1. The van der Waals surface area contributed by atoms with Gasteiger partial charge in [0.1, 0.15) is 11.5 Å². The lowest BCUT2D eigenvalue weighted by molar-refractivity contribution is 0.476. The molecule has 0 atom stereocenters. The van der Waals surface area contributed by atoms with Crippen molar-refractivity contribution in [1.29, 1.82) is 0 Å². The van der Waals surface area contributed by atoms with E-state index in [-0.39, 0.29) is 0 Å². The van der Waals surface area contributed by atoms with E-state index in [1.165, 1.54) is 0 Å². The molecule has 2 heterocycles. The lowest BCUT2D eigenvalue weighted by Crippen LogP contribution is -1.96. The molecule has 74 valence electrons. The van der Waals surface area contributed by atoms with Crippen molar-refractivity contribution in [2.75, 3.05) is 5.32 Å². The maximum atomic E-state index is 5.55. The highest BCUT2D eigenvalue weighted by Crippen LogP contribution is 2.14. The zero-order valence-corrected chi connectivity index (χ0v) is 8.80. The SMILES string of the molecule is CCc1ccc(CNc2nccs2)o1. The van der Waals surface area contributed by atoms with E-state index >= 15 is 0 Å². The molecule has 0 saturated heterocycles. The number of nitrogens with one attached hydrogen (secondary N) is 1. The van der Waals surface area contributed by atoms with E-state index in [1.807, 2.05) is 17.5 Å². The quantitative estimate of drug-likeness (QED) is 0.839. The molecule has 0 fully saturated rings. The molecule has 2 aromatic heterocycles. The number of anilines is 1. The zero-order chi connectivity index (χ0) is 9.80. The molecule has 14 heavy (non-hydrogen) atoms. The summed E-state index contributed by atoms with van der Waals surface area (Å²) in [6, 6.07) is 4.01. The number of hydrogen-bond acceptors (Lipinski definition) is 4. The van der Waals surface area contributed by atoms with Crippen LogP contribution in [0.2, 0.25) is 0 Å². The van der Waals surface area contributed by atoms with Crippen LogP contribution in [0.1, 0.15) is 18.4 Å². The smallest absolute Gasteiger partial charge is 0.182 e. The minimum Gasteiger partial charge on any atom is -0.464 e. The molecule has 0 aliphatic carbocycles. The first kappa shape index (κ1) is 9.27. The third-order valence-corrected chi connectivity index (χ3v) is 2.64. The predicted octanol–water partition coefficient (Wildman–Crippen LogP) is 2.91. The zero-order valence-electron chi connectivity index (χ0n) is 7.99. The molecule has 0 saturated carbocycles. The Morgan fingerprint density at radius 2 is 2.29 bits per heavy atom. The Hall–Kier alpha value is -1.29. The maximum absolute atomic E-state index is 5.55. The molecule has 0 aromatic carbocycles. The van der Waals surface area contributed by atoms with Crippen molar-refractivity contribution in [2.24, 2.45) is 0 Å². The standard InChI is InChI=1S/C10H12N2OS/c1-2-8-3-4-9(13-8)7-12-10-11-5-6-14-10/h3-6H,2,7H2,1H3,(H,11,12). The van der Waals surface area contributed by atoms with Crippen molar-refractivity contribution >= 4 is 16.5 Å². The van der Waals surface area contributed by atoms with Gasteiger partial charge in [-0.2, -0.15) is 0 Å². The Balaban J connectivity index is 1.92. The third-order valence-electron chi connectivity index (χ3n) is 1.91. The molecule has 0 aliphatic heterocycles. The molecule has 1 N–H and O–H groups in total. The van der Waals surface area contributed by atoms with Crippen LogP contribution in [-0.2, 0) is 13.0 Å². The van der Waals surface area contributed by atoms with Crippen molar-refractivity contribution in [1.82, 2.24) is 4.98 Å². The lowest BCUT2D eigenvalue weighted by Gasteiger charge is -1.98.